The van der Waals surface area contributed by atoms with Crippen LogP contribution in [0.2, 0.25) is 0 Å². The molecule has 94 valence electrons. The Labute approximate surface area is 101 Å². The minimum Gasteiger partial charge on any atom is -0.480 e. The molecule has 1 saturated heterocycles. The molecule has 0 saturated carbocycles. The number of carboxylic acid groups (broad SMARTS) is 1. The summed E-state index contributed by atoms with van der Waals surface area (Å²) in [6.07, 6.45) is 3.70. The van der Waals surface area contributed by atoms with Crippen LogP contribution < -0.4 is 0 Å². The fourth-order valence-electron chi connectivity index (χ4n) is 2.36. The average molecular weight is 237 g/mol. The highest BCUT2D eigenvalue weighted by Crippen LogP contribution is 2.20. The smallest absolute Gasteiger partial charge is 0.320 e. The lowest BCUT2D eigenvalue weighted by molar-refractivity contribution is -0.145. The molecule has 2 heterocycles. The fourth-order valence-corrected chi connectivity index (χ4v) is 2.36. The maximum atomic E-state index is 11.1. The highest BCUT2D eigenvalue weighted by Gasteiger charge is 2.28. The monoisotopic (exact) mass is 237 g/mol. The predicted molar refractivity (Wildman–Crippen MR) is 63.8 cm³/mol. The van der Waals surface area contributed by atoms with Crippen molar-refractivity contribution in [1.29, 1.82) is 0 Å². The van der Waals surface area contributed by atoms with Crippen LogP contribution in [-0.4, -0.2) is 28.6 Å². The Hall–Kier alpha value is -1.29. The molecule has 1 atom stereocenters. The third kappa shape index (κ3) is 2.88. The Morgan fingerprint density at radius 2 is 2.24 bits per heavy atom. The Bertz CT molecular complexity index is 386. The van der Waals surface area contributed by atoms with Crippen LogP contribution in [0.25, 0.3) is 0 Å². The standard InChI is InChI=1S/C13H19NO3/c1-2-10-6-7-11(17-10)9-14-8-4-3-5-12(14)13(15)16/h6-7,12H,2-5,8-9H2,1H3,(H,15,16). The highest BCUT2D eigenvalue weighted by atomic mass is 16.4. The van der Waals surface area contributed by atoms with Crippen LogP contribution >= 0.6 is 0 Å². The Morgan fingerprint density at radius 3 is 2.88 bits per heavy atom. The summed E-state index contributed by atoms with van der Waals surface area (Å²) in [6.45, 7) is 3.50. The van der Waals surface area contributed by atoms with Crippen LogP contribution in [0.1, 0.15) is 37.7 Å². The third-order valence-corrected chi connectivity index (χ3v) is 3.32. The van der Waals surface area contributed by atoms with Gasteiger partial charge in [0.2, 0.25) is 0 Å². The van der Waals surface area contributed by atoms with E-state index in [1.807, 2.05) is 24.0 Å². The summed E-state index contributed by atoms with van der Waals surface area (Å²) >= 11 is 0. The van der Waals surface area contributed by atoms with Crippen molar-refractivity contribution in [2.45, 2.75) is 45.2 Å². The number of hydrogen-bond acceptors (Lipinski definition) is 3. The van der Waals surface area contributed by atoms with Crippen molar-refractivity contribution in [2.75, 3.05) is 6.54 Å². The van der Waals surface area contributed by atoms with Gasteiger partial charge in [0.15, 0.2) is 0 Å². The second kappa shape index (κ2) is 5.36. The Kier molecular flexibility index (Phi) is 3.84. The minimum absolute atomic E-state index is 0.348. The van der Waals surface area contributed by atoms with Crippen molar-refractivity contribution in [3.63, 3.8) is 0 Å². The quantitative estimate of drug-likeness (QED) is 0.872. The second-order valence-electron chi connectivity index (χ2n) is 4.54. The third-order valence-electron chi connectivity index (χ3n) is 3.32. The van der Waals surface area contributed by atoms with Gasteiger partial charge < -0.3 is 9.52 Å². The first-order chi connectivity index (χ1) is 8.20. The zero-order valence-electron chi connectivity index (χ0n) is 10.2. The van der Waals surface area contributed by atoms with Gasteiger partial charge in [0, 0.05) is 6.42 Å². The van der Waals surface area contributed by atoms with Gasteiger partial charge in [-0.3, -0.25) is 9.69 Å². The predicted octanol–water partition coefficient (Wildman–Crippen LogP) is 2.28. The molecule has 1 aromatic heterocycles. The summed E-state index contributed by atoms with van der Waals surface area (Å²) in [5.74, 6) is 1.12. The number of aliphatic carboxylic acids is 1. The van der Waals surface area contributed by atoms with E-state index >= 15 is 0 Å². The molecular formula is C13H19NO3. The normalized spacial score (nSPS) is 21.6. The molecule has 0 radical (unpaired) electrons. The number of rotatable bonds is 4. The molecule has 2 rings (SSSR count). The highest BCUT2D eigenvalue weighted by molar-refractivity contribution is 5.73. The molecule has 0 spiro atoms. The lowest BCUT2D eigenvalue weighted by Gasteiger charge is -2.31. The number of carboxylic acids is 1. The van der Waals surface area contributed by atoms with Gasteiger partial charge in [-0.1, -0.05) is 13.3 Å². The van der Waals surface area contributed by atoms with Gasteiger partial charge in [0.25, 0.3) is 0 Å². The molecule has 1 aliphatic heterocycles. The van der Waals surface area contributed by atoms with Crippen LogP contribution in [0.3, 0.4) is 0 Å². The maximum Gasteiger partial charge on any atom is 0.320 e. The van der Waals surface area contributed by atoms with Crippen LogP contribution in [0.4, 0.5) is 0 Å². The van der Waals surface area contributed by atoms with E-state index in [2.05, 4.69) is 0 Å². The summed E-state index contributed by atoms with van der Waals surface area (Å²) in [4.78, 5) is 13.1. The van der Waals surface area contributed by atoms with E-state index in [0.717, 1.165) is 43.7 Å². The van der Waals surface area contributed by atoms with E-state index in [9.17, 15) is 4.79 Å². The first-order valence-electron chi connectivity index (χ1n) is 6.25. The molecule has 0 amide bonds. The van der Waals surface area contributed by atoms with Crippen LogP contribution in [-0.2, 0) is 17.8 Å². The van der Waals surface area contributed by atoms with Crippen molar-refractivity contribution in [3.8, 4) is 0 Å². The minimum atomic E-state index is -0.716. The van der Waals surface area contributed by atoms with Crippen molar-refractivity contribution in [1.82, 2.24) is 4.90 Å². The van der Waals surface area contributed by atoms with E-state index in [1.165, 1.54) is 0 Å². The molecule has 1 N–H and O–H groups in total. The first-order valence-corrected chi connectivity index (χ1v) is 6.25. The van der Waals surface area contributed by atoms with E-state index < -0.39 is 5.97 Å². The lowest BCUT2D eigenvalue weighted by Crippen LogP contribution is -2.43. The van der Waals surface area contributed by atoms with Crippen molar-refractivity contribution < 1.29 is 14.3 Å². The summed E-state index contributed by atoms with van der Waals surface area (Å²) in [7, 11) is 0. The van der Waals surface area contributed by atoms with Gasteiger partial charge in [-0.05, 0) is 31.5 Å². The van der Waals surface area contributed by atoms with Gasteiger partial charge >= 0.3 is 5.97 Å². The molecule has 1 fully saturated rings. The molecule has 4 heteroatoms. The topological polar surface area (TPSA) is 53.7 Å². The van der Waals surface area contributed by atoms with E-state index in [1.54, 1.807) is 0 Å². The van der Waals surface area contributed by atoms with Crippen molar-refractivity contribution >= 4 is 5.97 Å². The molecule has 1 aliphatic rings. The maximum absolute atomic E-state index is 11.1. The number of aryl methyl sites for hydroxylation is 1. The number of likely N-dealkylation sites (tertiary alicyclic amines) is 1. The number of hydrogen-bond donors (Lipinski definition) is 1. The van der Waals surface area contributed by atoms with Crippen LogP contribution in [0, 0.1) is 0 Å². The van der Waals surface area contributed by atoms with E-state index in [4.69, 9.17) is 9.52 Å². The van der Waals surface area contributed by atoms with Gasteiger partial charge in [0.1, 0.15) is 17.6 Å². The zero-order valence-corrected chi connectivity index (χ0v) is 10.2. The Balaban J connectivity index is 2.02. The van der Waals surface area contributed by atoms with Gasteiger partial charge in [-0.15, -0.1) is 0 Å². The summed E-state index contributed by atoms with van der Waals surface area (Å²) in [5, 5.41) is 9.17. The van der Waals surface area contributed by atoms with Crippen molar-refractivity contribution in [3.05, 3.63) is 23.7 Å². The number of piperidine rings is 1. The van der Waals surface area contributed by atoms with E-state index in [-0.39, 0.29) is 6.04 Å². The molecule has 17 heavy (non-hydrogen) atoms. The van der Waals surface area contributed by atoms with Crippen LogP contribution in [0.5, 0.6) is 0 Å². The summed E-state index contributed by atoms with van der Waals surface area (Å²) in [5.41, 5.74) is 0. The molecule has 0 aromatic carbocycles. The molecular weight excluding hydrogens is 218 g/mol. The Morgan fingerprint density at radius 1 is 1.47 bits per heavy atom. The zero-order chi connectivity index (χ0) is 12.3. The lowest BCUT2D eigenvalue weighted by atomic mass is 10.0. The SMILES string of the molecule is CCc1ccc(CN2CCCCC2C(=O)O)o1. The van der Waals surface area contributed by atoms with Gasteiger partial charge in [0.05, 0.1) is 6.54 Å². The largest absolute Gasteiger partial charge is 0.480 e. The number of furan rings is 1. The van der Waals surface area contributed by atoms with Crippen LogP contribution in [0.15, 0.2) is 16.5 Å². The van der Waals surface area contributed by atoms with Gasteiger partial charge in [-0.25, -0.2) is 0 Å². The van der Waals surface area contributed by atoms with Gasteiger partial charge in [-0.2, -0.15) is 0 Å². The number of carbonyl (C=O) groups is 1. The molecule has 1 aromatic rings. The first kappa shape index (κ1) is 12.2. The average Bonchev–Trinajstić information content (AvgIpc) is 2.77. The summed E-state index contributed by atoms with van der Waals surface area (Å²) in [6, 6.07) is 3.57. The molecule has 0 bridgehead atoms. The van der Waals surface area contributed by atoms with Crippen molar-refractivity contribution in [2.24, 2.45) is 0 Å². The second-order valence-corrected chi connectivity index (χ2v) is 4.54. The molecule has 0 aliphatic carbocycles. The number of nitrogens with zero attached hydrogens (tertiary/aromatic N) is 1. The van der Waals surface area contributed by atoms with E-state index in [0.29, 0.717) is 6.54 Å². The molecule has 4 nitrogen and oxygen atoms in total. The summed E-state index contributed by atoms with van der Waals surface area (Å²) < 4.78 is 5.63. The molecule has 1 unspecified atom stereocenters. The fraction of sp³-hybridized carbons (Fsp3) is 0.615.